The Balaban J connectivity index is 1.78. The van der Waals surface area contributed by atoms with Gasteiger partial charge in [-0.1, -0.05) is 20.4 Å². The first-order chi connectivity index (χ1) is 13.5. The van der Waals surface area contributed by atoms with Crippen LogP contribution < -0.4 is 0 Å². The molecule has 0 aromatic heterocycles. The Morgan fingerprint density at radius 3 is 2.55 bits per heavy atom. The number of aliphatic hydroxyl groups is 4. The highest BCUT2D eigenvalue weighted by Crippen LogP contribution is 2.77. The van der Waals surface area contributed by atoms with Crippen LogP contribution in [0.3, 0.4) is 0 Å². The normalized spacial score (nSPS) is 57.2. The van der Waals surface area contributed by atoms with E-state index in [2.05, 4.69) is 6.58 Å². The Kier molecular flexibility index (Phi) is 3.87. The summed E-state index contributed by atoms with van der Waals surface area (Å²) in [7, 11) is 0. The zero-order chi connectivity index (χ0) is 21.1. The average Bonchev–Trinajstić information content (AvgIpc) is 2.75. The molecule has 2 saturated heterocycles. The van der Waals surface area contributed by atoms with Gasteiger partial charge in [0.25, 0.3) is 0 Å². The molecule has 2 spiro atoms. The van der Waals surface area contributed by atoms with E-state index in [0.29, 0.717) is 24.8 Å². The van der Waals surface area contributed by atoms with Gasteiger partial charge in [0.15, 0.2) is 6.10 Å². The van der Waals surface area contributed by atoms with Crippen molar-refractivity contribution in [1.82, 2.24) is 0 Å². The van der Waals surface area contributed by atoms with Gasteiger partial charge in [0.05, 0.1) is 30.3 Å². The molecule has 7 nitrogen and oxygen atoms in total. The van der Waals surface area contributed by atoms with E-state index >= 15 is 0 Å². The minimum atomic E-state index is -2.05. The van der Waals surface area contributed by atoms with Crippen molar-refractivity contribution in [2.45, 2.75) is 76.7 Å². The molecule has 4 N–H and O–H groups in total. The van der Waals surface area contributed by atoms with Crippen LogP contribution in [0.1, 0.15) is 46.5 Å². The molecule has 162 valence electrons. The van der Waals surface area contributed by atoms with Gasteiger partial charge in [0.1, 0.15) is 0 Å². The number of carbonyl (C=O) groups excluding carboxylic acids is 1. The number of fused-ring (bicyclic) bond motifs is 2. The molecule has 0 aromatic rings. The first-order valence-electron chi connectivity index (χ1n) is 10.7. The Bertz CT molecular complexity index is 775. The van der Waals surface area contributed by atoms with E-state index in [0.717, 1.165) is 6.42 Å². The summed E-state index contributed by atoms with van der Waals surface area (Å²) >= 11 is 0. The zero-order valence-electron chi connectivity index (χ0n) is 17.3. The number of rotatable bonds is 1. The van der Waals surface area contributed by atoms with E-state index < -0.39 is 52.4 Å². The SMILES string of the molecule is C=C1[C@@H](O)[C@]23[C@H](O)[C@H]1CC[C@H]2[C@]12CC[C@@H](O)C(C)(C)[C@H]1[C@H](OC(C)=O)[C@@]3(O)OC2. The van der Waals surface area contributed by atoms with E-state index in [4.69, 9.17) is 9.47 Å². The molecule has 0 unspecified atom stereocenters. The van der Waals surface area contributed by atoms with E-state index in [9.17, 15) is 25.2 Å². The van der Waals surface area contributed by atoms with Crippen molar-refractivity contribution in [2.24, 2.45) is 34.0 Å². The van der Waals surface area contributed by atoms with Crippen LogP contribution in [-0.4, -0.2) is 63.2 Å². The van der Waals surface area contributed by atoms with Gasteiger partial charge in [-0.05, 0) is 42.6 Å². The second-order valence-corrected chi connectivity index (χ2v) is 10.7. The van der Waals surface area contributed by atoms with Gasteiger partial charge in [-0.25, -0.2) is 0 Å². The van der Waals surface area contributed by atoms with Crippen LogP contribution in [0, 0.1) is 34.0 Å². The molecular weight excluding hydrogens is 376 g/mol. The second kappa shape index (κ2) is 5.62. The number of carbonyl (C=O) groups is 1. The van der Waals surface area contributed by atoms with Crippen molar-refractivity contribution in [3.8, 4) is 0 Å². The summed E-state index contributed by atoms with van der Waals surface area (Å²) in [6.07, 6.45) is -1.29. The van der Waals surface area contributed by atoms with Gasteiger partial charge >= 0.3 is 5.97 Å². The van der Waals surface area contributed by atoms with E-state index in [1.165, 1.54) is 6.92 Å². The van der Waals surface area contributed by atoms with E-state index in [-0.39, 0.29) is 24.4 Å². The van der Waals surface area contributed by atoms with Crippen LogP contribution in [0.5, 0.6) is 0 Å². The minimum absolute atomic E-state index is 0.224. The third kappa shape index (κ3) is 1.91. The lowest BCUT2D eigenvalue weighted by Gasteiger charge is -2.75. The maximum Gasteiger partial charge on any atom is 0.303 e. The predicted octanol–water partition coefficient (Wildman–Crippen LogP) is 0.738. The highest BCUT2D eigenvalue weighted by atomic mass is 16.7. The molecule has 0 amide bonds. The molecule has 2 heterocycles. The van der Waals surface area contributed by atoms with E-state index in [1.807, 2.05) is 13.8 Å². The maximum absolute atomic E-state index is 12.1. The fourth-order valence-electron chi connectivity index (χ4n) is 8.43. The third-order valence-corrected chi connectivity index (χ3v) is 9.51. The van der Waals surface area contributed by atoms with E-state index in [1.54, 1.807) is 0 Å². The van der Waals surface area contributed by atoms with Crippen LogP contribution in [0.25, 0.3) is 0 Å². The zero-order valence-corrected chi connectivity index (χ0v) is 17.3. The number of ether oxygens (including phenoxy) is 2. The summed E-state index contributed by atoms with van der Waals surface area (Å²) < 4.78 is 11.8. The van der Waals surface area contributed by atoms with Gasteiger partial charge in [0.2, 0.25) is 5.79 Å². The summed E-state index contributed by atoms with van der Waals surface area (Å²) in [6.45, 7) is 9.46. The van der Waals surface area contributed by atoms with Crippen LogP contribution in [0.15, 0.2) is 12.2 Å². The highest BCUT2D eigenvalue weighted by Gasteiger charge is 2.86. The molecule has 10 atom stereocenters. The van der Waals surface area contributed by atoms with Gasteiger partial charge in [-0.3, -0.25) is 4.79 Å². The second-order valence-electron chi connectivity index (χ2n) is 10.7. The van der Waals surface area contributed by atoms with Crippen molar-refractivity contribution >= 4 is 5.97 Å². The standard InChI is InChI=1S/C22H32O7/c1-10-12-5-6-13-20-8-7-14(24)19(3,4)15(20)18(29-11(2)23)22(27,28-9-20)21(13,16(10)25)17(12)26/h12-18,24-27H,1,5-9H2,2-4H3/t12-,13-,14+,15+,16+,17+,18-,20+,21-,22+/m0/s1. The van der Waals surface area contributed by atoms with Gasteiger partial charge < -0.3 is 29.9 Å². The van der Waals surface area contributed by atoms with Crippen molar-refractivity contribution < 1.29 is 34.7 Å². The average molecular weight is 408 g/mol. The van der Waals surface area contributed by atoms with Crippen molar-refractivity contribution in [3.05, 3.63) is 12.2 Å². The molecule has 4 bridgehead atoms. The van der Waals surface area contributed by atoms with Crippen molar-refractivity contribution in [3.63, 3.8) is 0 Å². The smallest absolute Gasteiger partial charge is 0.303 e. The monoisotopic (exact) mass is 408 g/mol. The third-order valence-electron chi connectivity index (χ3n) is 9.51. The lowest BCUT2D eigenvalue weighted by atomic mass is 9.35. The highest BCUT2D eigenvalue weighted by molar-refractivity contribution is 5.66. The Labute approximate surface area is 170 Å². The quantitative estimate of drug-likeness (QED) is 0.373. The summed E-state index contributed by atoms with van der Waals surface area (Å²) in [6, 6.07) is 0. The first kappa shape index (κ1) is 19.9. The van der Waals surface area contributed by atoms with Crippen LogP contribution in [0.2, 0.25) is 0 Å². The van der Waals surface area contributed by atoms with Crippen LogP contribution in [-0.2, 0) is 14.3 Å². The molecule has 29 heavy (non-hydrogen) atoms. The van der Waals surface area contributed by atoms with Gasteiger partial charge in [-0.2, -0.15) is 0 Å². The van der Waals surface area contributed by atoms with Crippen LogP contribution in [0.4, 0.5) is 0 Å². The van der Waals surface area contributed by atoms with Crippen molar-refractivity contribution in [1.29, 1.82) is 0 Å². The molecule has 2 aliphatic heterocycles. The van der Waals surface area contributed by atoms with Gasteiger partial charge in [0, 0.05) is 24.2 Å². The minimum Gasteiger partial charge on any atom is -0.456 e. The summed E-state index contributed by atoms with van der Waals surface area (Å²) in [5.74, 6) is -3.52. The van der Waals surface area contributed by atoms with Crippen LogP contribution >= 0.6 is 0 Å². The summed E-state index contributed by atoms with van der Waals surface area (Å²) in [4.78, 5) is 12.1. The predicted molar refractivity (Wildman–Crippen MR) is 101 cm³/mol. The van der Waals surface area contributed by atoms with Crippen molar-refractivity contribution in [2.75, 3.05) is 6.61 Å². The molecular formula is C22H32O7. The number of aliphatic hydroxyl groups excluding tert-OH is 3. The molecule has 6 fully saturated rings. The molecule has 0 aromatic carbocycles. The molecule has 6 aliphatic rings. The fraction of sp³-hybridized carbons (Fsp3) is 0.864. The Hall–Kier alpha value is -0.990. The molecule has 0 radical (unpaired) electrons. The number of hydrogen-bond donors (Lipinski definition) is 4. The fourth-order valence-corrected chi connectivity index (χ4v) is 8.43. The lowest BCUT2D eigenvalue weighted by Crippen LogP contribution is -2.85. The summed E-state index contributed by atoms with van der Waals surface area (Å²) in [5.41, 5.74) is -2.03. The maximum atomic E-state index is 12.1. The molecule has 4 aliphatic carbocycles. The molecule has 4 saturated carbocycles. The Morgan fingerprint density at radius 1 is 1.21 bits per heavy atom. The topological polar surface area (TPSA) is 116 Å². The number of esters is 1. The molecule has 6 rings (SSSR count). The number of hydrogen-bond acceptors (Lipinski definition) is 7. The largest absolute Gasteiger partial charge is 0.456 e. The lowest BCUT2D eigenvalue weighted by molar-refractivity contribution is -0.470. The van der Waals surface area contributed by atoms with Gasteiger partial charge in [-0.15, -0.1) is 0 Å². The first-order valence-corrected chi connectivity index (χ1v) is 10.7. The Morgan fingerprint density at radius 2 is 1.90 bits per heavy atom. The summed E-state index contributed by atoms with van der Waals surface area (Å²) in [5, 5.41) is 45.6. The molecule has 7 heteroatoms.